The minimum atomic E-state index is -0.791. The van der Waals surface area contributed by atoms with Gasteiger partial charge in [-0.05, 0) is 30.9 Å². The van der Waals surface area contributed by atoms with Crippen LogP contribution in [0.25, 0.3) is 0 Å². The zero-order valence-electron chi connectivity index (χ0n) is 14.7. The average Bonchev–Trinajstić information content (AvgIpc) is 3.09. The number of fused-ring (bicyclic) bond motifs is 2. The Balaban J connectivity index is 1.52. The fourth-order valence-electron chi connectivity index (χ4n) is 4.08. The molecule has 0 aliphatic carbocycles. The molecule has 7 nitrogen and oxygen atoms in total. The van der Waals surface area contributed by atoms with E-state index in [1.54, 1.807) is 11.3 Å². The third-order valence-electron chi connectivity index (χ3n) is 5.50. The van der Waals surface area contributed by atoms with Crippen LogP contribution >= 0.6 is 11.3 Å². The molecule has 4 heterocycles. The Morgan fingerprint density at radius 3 is 2.58 bits per heavy atom. The van der Waals surface area contributed by atoms with Crippen molar-refractivity contribution in [2.45, 2.75) is 24.9 Å². The summed E-state index contributed by atoms with van der Waals surface area (Å²) in [6.45, 7) is 4.64. The van der Waals surface area contributed by atoms with Gasteiger partial charge in [0, 0.05) is 31.1 Å². The normalized spacial score (nSPS) is 23.0. The Morgan fingerprint density at radius 2 is 1.88 bits per heavy atom. The largest absolute Gasteiger partial charge is 0.480 e. The van der Waals surface area contributed by atoms with E-state index in [1.165, 1.54) is 10.4 Å². The van der Waals surface area contributed by atoms with Crippen molar-refractivity contribution >= 4 is 23.2 Å². The van der Waals surface area contributed by atoms with Gasteiger partial charge in [-0.1, -0.05) is 0 Å². The maximum atomic E-state index is 12.8. The van der Waals surface area contributed by atoms with Crippen LogP contribution in [-0.4, -0.2) is 79.3 Å². The molecule has 1 spiro atoms. The van der Waals surface area contributed by atoms with Gasteiger partial charge in [-0.15, -0.1) is 11.3 Å². The van der Waals surface area contributed by atoms with Gasteiger partial charge in [-0.3, -0.25) is 14.5 Å². The summed E-state index contributed by atoms with van der Waals surface area (Å²) in [7, 11) is 0. The first-order valence-corrected chi connectivity index (χ1v) is 9.97. The number of carbonyl (C=O) groups is 2. The molecule has 2 fully saturated rings. The summed E-state index contributed by atoms with van der Waals surface area (Å²) >= 11 is 1.57. The quantitative estimate of drug-likeness (QED) is 0.848. The van der Waals surface area contributed by atoms with Crippen molar-refractivity contribution < 1.29 is 24.2 Å². The SMILES string of the molecule is O=C(O)CN1CCC2(CC1)OCCc1cc(C(=O)N3CCOCC3)sc12. The molecule has 3 aliphatic rings. The van der Waals surface area contributed by atoms with E-state index in [-0.39, 0.29) is 18.1 Å². The summed E-state index contributed by atoms with van der Waals surface area (Å²) in [6.07, 6.45) is 2.39. The van der Waals surface area contributed by atoms with Gasteiger partial charge < -0.3 is 19.5 Å². The Hall–Kier alpha value is -1.48. The molecule has 0 aromatic carbocycles. The van der Waals surface area contributed by atoms with Gasteiger partial charge in [0.15, 0.2) is 0 Å². The molecule has 0 unspecified atom stereocenters. The summed E-state index contributed by atoms with van der Waals surface area (Å²) in [6, 6.07) is 2.05. The molecule has 0 saturated carbocycles. The number of hydrogen-bond donors (Lipinski definition) is 1. The Labute approximate surface area is 156 Å². The first-order valence-electron chi connectivity index (χ1n) is 9.16. The van der Waals surface area contributed by atoms with Gasteiger partial charge >= 0.3 is 5.97 Å². The van der Waals surface area contributed by atoms with Crippen LogP contribution in [0.1, 0.15) is 33.0 Å². The fourth-order valence-corrected chi connectivity index (χ4v) is 5.46. The van der Waals surface area contributed by atoms with E-state index in [0.29, 0.717) is 46.0 Å². The number of aliphatic carboxylic acids is 1. The first-order chi connectivity index (χ1) is 12.6. The molecule has 0 radical (unpaired) electrons. The highest BCUT2D eigenvalue weighted by Crippen LogP contribution is 2.45. The van der Waals surface area contributed by atoms with Gasteiger partial charge in [-0.2, -0.15) is 0 Å². The highest BCUT2D eigenvalue weighted by molar-refractivity contribution is 7.14. The fraction of sp³-hybridized carbons (Fsp3) is 0.667. The number of carbonyl (C=O) groups excluding carboxylic acids is 1. The van der Waals surface area contributed by atoms with Crippen LogP contribution in [0.3, 0.4) is 0 Å². The lowest BCUT2D eigenvalue weighted by Crippen LogP contribution is -2.47. The summed E-state index contributed by atoms with van der Waals surface area (Å²) in [5.41, 5.74) is 0.876. The zero-order chi connectivity index (χ0) is 18.1. The summed E-state index contributed by atoms with van der Waals surface area (Å²) in [4.78, 5) is 29.6. The molecular formula is C18H24N2O5S. The molecule has 3 aliphatic heterocycles. The van der Waals surface area contributed by atoms with Crippen molar-refractivity contribution in [2.75, 3.05) is 52.5 Å². The number of nitrogens with zero attached hydrogens (tertiary/aromatic N) is 2. The Kier molecular flexibility index (Phi) is 5.00. The number of carboxylic acid groups (broad SMARTS) is 1. The number of hydrogen-bond acceptors (Lipinski definition) is 6. The average molecular weight is 380 g/mol. The van der Waals surface area contributed by atoms with Gasteiger partial charge in [-0.25, -0.2) is 0 Å². The van der Waals surface area contributed by atoms with E-state index >= 15 is 0 Å². The number of piperidine rings is 1. The van der Waals surface area contributed by atoms with Crippen LogP contribution in [0.5, 0.6) is 0 Å². The van der Waals surface area contributed by atoms with E-state index in [1.807, 2.05) is 15.9 Å². The van der Waals surface area contributed by atoms with Gasteiger partial charge in [0.25, 0.3) is 5.91 Å². The molecule has 0 atom stereocenters. The number of thiophene rings is 1. The molecule has 142 valence electrons. The number of rotatable bonds is 3. The minimum Gasteiger partial charge on any atom is -0.480 e. The Morgan fingerprint density at radius 1 is 1.15 bits per heavy atom. The second-order valence-electron chi connectivity index (χ2n) is 7.13. The third kappa shape index (κ3) is 3.38. The predicted molar refractivity (Wildman–Crippen MR) is 95.7 cm³/mol. The minimum absolute atomic E-state index is 0.0775. The second kappa shape index (κ2) is 7.26. The standard InChI is InChI=1S/C18H24N2O5S/c21-15(22)12-19-4-2-18(3-5-19)16-13(1-8-25-18)11-14(26-16)17(23)20-6-9-24-10-7-20/h11H,1-10,12H2,(H,21,22). The predicted octanol–water partition coefficient (Wildman–Crippen LogP) is 1.17. The maximum Gasteiger partial charge on any atom is 0.317 e. The lowest BCUT2D eigenvalue weighted by atomic mass is 9.85. The van der Waals surface area contributed by atoms with Crippen molar-refractivity contribution in [1.29, 1.82) is 0 Å². The van der Waals surface area contributed by atoms with Crippen molar-refractivity contribution in [3.8, 4) is 0 Å². The molecule has 0 bridgehead atoms. The topological polar surface area (TPSA) is 79.3 Å². The van der Waals surface area contributed by atoms with Crippen molar-refractivity contribution in [1.82, 2.24) is 9.80 Å². The van der Waals surface area contributed by atoms with Crippen LogP contribution in [0.4, 0.5) is 0 Å². The Bertz CT molecular complexity index is 690. The molecule has 4 rings (SSSR count). The maximum absolute atomic E-state index is 12.8. The zero-order valence-corrected chi connectivity index (χ0v) is 15.6. The number of amides is 1. The first kappa shape index (κ1) is 17.9. The second-order valence-corrected chi connectivity index (χ2v) is 8.18. The molecular weight excluding hydrogens is 356 g/mol. The van der Waals surface area contributed by atoms with Crippen molar-refractivity contribution in [2.24, 2.45) is 0 Å². The van der Waals surface area contributed by atoms with E-state index in [4.69, 9.17) is 14.6 Å². The van der Waals surface area contributed by atoms with E-state index in [0.717, 1.165) is 24.1 Å². The summed E-state index contributed by atoms with van der Waals surface area (Å²) in [5.74, 6) is -0.702. The summed E-state index contributed by atoms with van der Waals surface area (Å²) < 4.78 is 11.6. The lowest BCUT2D eigenvalue weighted by Gasteiger charge is -2.43. The highest BCUT2D eigenvalue weighted by atomic mass is 32.1. The number of morpholine rings is 1. The van der Waals surface area contributed by atoms with Gasteiger partial charge in [0.1, 0.15) is 5.60 Å². The van der Waals surface area contributed by atoms with Gasteiger partial charge in [0.05, 0.1) is 31.2 Å². The molecule has 1 aromatic heterocycles. The third-order valence-corrected chi connectivity index (χ3v) is 6.85. The summed E-state index contributed by atoms with van der Waals surface area (Å²) in [5, 5.41) is 8.99. The van der Waals surface area contributed by atoms with Crippen molar-refractivity contribution in [3.63, 3.8) is 0 Å². The van der Waals surface area contributed by atoms with Crippen LogP contribution in [0.15, 0.2) is 6.07 Å². The lowest BCUT2D eigenvalue weighted by molar-refractivity contribution is -0.141. The van der Waals surface area contributed by atoms with E-state index in [9.17, 15) is 9.59 Å². The number of likely N-dealkylation sites (tertiary alicyclic amines) is 1. The molecule has 26 heavy (non-hydrogen) atoms. The van der Waals surface area contributed by atoms with Crippen LogP contribution < -0.4 is 0 Å². The molecule has 1 amide bonds. The highest BCUT2D eigenvalue weighted by Gasteiger charge is 2.43. The van der Waals surface area contributed by atoms with Crippen LogP contribution in [-0.2, 0) is 26.3 Å². The molecule has 2 saturated heterocycles. The smallest absolute Gasteiger partial charge is 0.317 e. The molecule has 8 heteroatoms. The van der Waals surface area contributed by atoms with Crippen LogP contribution in [0.2, 0.25) is 0 Å². The van der Waals surface area contributed by atoms with E-state index in [2.05, 4.69) is 0 Å². The van der Waals surface area contributed by atoms with Crippen LogP contribution in [0, 0.1) is 0 Å². The molecule has 1 N–H and O–H groups in total. The monoisotopic (exact) mass is 380 g/mol. The van der Waals surface area contributed by atoms with E-state index < -0.39 is 5.97 Å². The molecule has 1 aromatic rings. The van der Waals surface area contributed by atoms with Crippen molar-refractivity contribution in [3.05, 3.63) is 21.4 Å². The number of carboxylic acids is 1. The van der Waals surface area contributed by atoms with Gasteiger partial charge in [0.2, 0.25) is 0 Å². The number of ether oxygens (including phenoxy) is 2.